The van der Waals surface area contributed by atoms with Gasteiger partial charge in [-0.25, -0.2) is 4.98 Å². The number of ether oxygens (including phenoxy) is 2. The lowest BCUT2D eigenvalue weighted by atomic mass is 9.95. The number of Topliss-reactive ketones (excluding diaryl/α,β-unsaturated/α-hetero) is 1. The van der Waals surface area contributed by atoms with Crippen LogP contribution in [0.1, 0.15) is 22.7 Å². The van der Waals surface area contributed by atoms with E-state index in [9.17, 15) is 14.7 Å². The zero-order valence-corrected chi connectivity index (χ0v) is 19.6. The molecule has 4 rings (SSSR count). The summed E-state index contributed by atoms with van der Waals surface area (Å²) in [6.07, 6.45) is 3.51. The summed E-state index contributed by atoms with van der Waals surface area (Å²) in [4.78, 5) is 30.6. The van der Waals surface area contributed by atoms with Crippen LogP contribution in [0.5, 0.6) is 11.5 Å². The van der Waals surface area contributed by atoms with Crippen LogP contribution < -0.4 is 19.6 Å². The van der Waals surface area contributed by atoms with Crippen LogP contribution in [0.3, 0.4) is 0 Å². The van der Waals surface area contributed by atoms with Crippen LogP contribution >= 0.6 is 15.9 Å². The fourth-order valence-electron chi connectivity index (χ4n) is 3.92. The summed E-state index contributed by atoms with van der Waals surface area (Å²) in [5, 5.41) is 13.6. The quantitative estimate of drug-likeness (QED) is 0.290. The Labute approximate surface area is 199 Å². The number of benzene rings is 2. The van der Waals surface area contributed by atoms with Crippen LogP contribution in [0.4, 0.5) is 0 Å². The van der Waals surface area contributed by atoms with Gasteiger partial charge in [0, 0.05) is 21.7 Å². The Bertz CT molecular complexity index is 1240. The van der Waals surface area contributed by atoms with Gasteiger partial charge in [-0.2, -0.15) is 0 Å². The zero-order chi connectivity index (χ0) is 23.5. The van der Waals surface area contributed by atoms with E-state index >= 15 is 0 Å². The van der Waals surface area contributed by atoms with Gasteiger partial charge in [0.1, 0.15) is 0 Å². The number of nitrogens with zero attached hydrogens (tertiary/aromatic N) is 1. The van der Waals surface area contributed by atoms with E-state index in [4.69, 9.17) is 9.47 Å². The second kappa shape index (κ2) is 9.46. The standard InChI is InChI=1S/C25H21BrN2O5/c1-32-19-9-8-17(12-20(19)33-2)23(29)21-22(16-6-3-7-18(26)11-16)28(25(31)24(21)30)14-15-5-4-10-27-13-15/h3-13,22,29H,14H2,1-2H3/b23-21+. The van der Waals surface area contributed by atoms with Gasteiger partial charge in [-0.05, 0) is 41.5 Å². The van der Waals surface area contributed by atoms with Crippen molar-refractivity contribution in [2.24, 2.45) is 0 Å². The molecule has 1 aromatic heterocycles. The van der Waals surface area contributed by atoms with E-state index in [2.05, 4.69) is 20.9 Å². The number of pyridine rings is 1. The number of carbonyl (C=O) groups is 2. The third-order valence-electron chi connectivity index (χ3n) is 5.46. The zero-order valence-electron chi connectivity index (χ0n) is 18.0. The highest BCUT2D eigenvalue weighted by molar-refractivity contribution is 9.10. The molecule has 1 N–H and O–H groups in total. The van der Waals surface area contributed by atoms with Crippen LogP contribution in [0.25, 0.3) is 5.76 Å². The van der Waals surface area contributed by atoms with E-state index in [1.807, 2.05) is 24.3 Å². The number of likely N-dealkylation sites (tertiary alicyclic amines) is 1. The molecule has 7 nitrogen and oxygen atoms in total. The second-order valence-corrected chi connectivity index (χ2v) is 8.36. The second-order valence-electron chi connectivity index (χ2n) is 7.44. The molecular formula is C25H21BrN2O5. The molecule has 1 aliphatic rings. The molecule has 2 aromatic carbocycles. The maximum atomic E-state index is 13.6. The van der Waals surface area contributed by atoms with E-state index in [-0.39, 0.29) is 17.7 Å². The molecule has 0 bridgehead atoms. The first-order valence-electron chi connectivity index (χ1n) is 10.1. The lowest BCUT2D eigenvalue weighted by Crippen LogP contribution is -2.29. The average Bonchev–Trinajstić information content (AvgIpc) is 3.08. The molecule has 1 aliphatic heterocycles. The maximum Gasteiger partial charge on any atom is 0.295 e. The molecule has 1 saturated heterocycles. The number of nitrogens with one attached hydrogen (secondary N) is 1. The summed E-state index contributed by atoms with van der Waals surface area (Å²) in [5.74, 6) is -1.23. The van der Waals surface area contributed by atoms with Crippen molar-refractivity contribution in [1.29, 1.82) is 0 Å². The number of ketones is 1. The first-order chi connectivity index (χ1) is 15.9. The summed E-state index contributed by atoms with van der Waals surface area (Å²) in [6.45, 7) is 0.168. The predicted molar refractivity (Wildman–Crippen MR) is 122 cm³/mol. The smallest absolute Gasteiger partial charge is 0.295 e. The van der Waals surface area contributed by atoms with Crippen molar-refractivity contribution in [3.63, 3.8) is 0 Å². The van der Waals surface area contributed by atoms with Gasteiger partial charge in [0.25, 0.3) is 5.91 Å². The Kier molecular flexibility index (Phi) is 6.46. The molecule has 0 spiro atoms. The minimum atomic E-state index is -0.830. The predicted octanol–water partition coefficient (Wildman–Crippen LogP) is 2.70. The molecule has 0 saturated carbocycles. The van der Waals surface area contributed by atoms with Crippen LogP contribution in [0.2, 0.25) is 0 Å². The lowest BCUT2D eigenvalue weighted by Gasteiger charge is -2.27. The number of aromatic amines is 1. The number of rotatable bonds is 6. The highest BCUT2D eigenvalue weighted by Gasteiger charge is 2.44. The monoisotopic (exact) mass is 508 g/mol. The number of carbonyl (C=O) groups excluding carboxylic acids is 2. The van der Waals surface area contributed by atoms with Gasteiger partial charge in [-0.1, -0.05) is 39.9 Å². The van der Waals surface area contributed by atoms with Crippen molar-refractivity contribution in [1.82, 2.24) is 4.90 Å². The topological polar surface area (TPSA) is 93.0 Å². The molecule has 168 valence electrons. The SMILES string of the molecule is COc1ccc(/C([O-])=C2\C(=O)C(=O)N(Cc3ccc[nH+]c3)C2c2cccc(Br)c2)cc1OC. The fourth-order valence-corrected chi connectivity index (χ4v) is 4.33. The Hall–Kier alpha value is -3.65. The molecule has 1 unspecified atom stereocenters. The molecule has 1 amide bonds. The van der Waals surface area contributed by atoms with Crippen molar-refractivity contribution < 1.29 is 29.2 Å². The van der Waals surface area contributed by atoms with Crippen molar-refractivity contribution >= 4 is 33.4 Å². The molecule has 3 aromatic rings. The van der Waals surface area contributed by atoms with Gasteiger partial charge in [0.05, 0.1) is 26.8 Å². The van der Waals surface area contributed by atoms with Crippen molar-refractivity contribution in [3.05, 3.63) is 93.7 Å². The average molecular weight is 509 g/mol. The van der Waals surface area contributed by atoms with Gasteiger partial charge in [-0.3, -0.25) is 9.59 Å². The number of H-pyrrole nitrogens is 1. The molecule has 0 radical (unpaired) electrons. The van der Waals surface area contributed by atoms with Crippen LogP contribution in [-0.4, -0.2) is 30.8 Å². The summed E-state index contributed by atoms with van der Waals surface area (Å²) >= 11 is 3.44. The van der Waals surface area contributed by atoms with Gasteiger partial charge >= 0.3 is 0 Å². The highest BCUT2D eigenvalue weighted by Crippen LogP contribution is 2.41. The lowest BCUT2D eigenvalue weighted by molar-refractivity contribution is -0.378. The molecule has 1 atom stereocenters. The summed E-state index contributed by atoms with van der Waals surface area (Å²) < 4.78 is 11.3. The molecule has 2 heterocycles. The fraction of sp³-hybridized carbons (Fsp3) is 0.160. The van der Waals surface area contributed by atoms with Crippen molar-refractivity contribution in [3.8, 4) is 11.5 Å². The number of amides is 1. The molecular weight excluding hydrogens is 488 g/mol. The molecule has 0 aliphatic carbocycles. The summed E-state index contributed by atoms with van der Waals surface area (Å²) in [7, 11) is 2.96. The summed E-state index contributed by atoms with van der Waals surface area (Å²) in [6, 6.07) is 14.7. The first kappa shape index (κ1) is 22.5. The van der Waals surface area contributed by atoms with E-state index in [0.29, 0.717) is 17.1 Å². The van der Waals surface area contributed by atoms with Gasteiger partial charge in [-0.15, -0.1) is 0 Å². The maximum absolute atomic E-state index is 13.6. The van der Waals surface area contributed by atoms with Crippen LogP contribution in [-0.2, 0) is 16.1 Å². The van der Waals surface area contributed by atoms with Crippen molar-refractivity contribution in [2.75, 3.05) is 14.2 Å². The minimum Gasteiger partial charge on any atom is -0.872 e. The Balaban J connectivity index is 1.88. The minimum absolute atomic E-state index is 0.0924. The first-order valence-corrected chi connectivity index (χ1v) is 10.9. The van der Waals surface area contributed by atoms with E-state index in [1.54, 1.807) is 36.7 Å². The largest absolute Gasteiger partial charge is 0.872 e. The molecule has 1 fully saturated rings. The number of hydrogen-bond donors (Lipinski definition) is 0. The normalized spacial score (nSPS) is 17.3. The molecule has 33 heavy (non-hydrogen) atoms. The van der Waals surface area contributed by atoms with Crippen LogP contribution in [0, 0.1) is 0 Å². The van der Waals surface area contributed by atoms with E-state index in [0.717, 1.165) is 10.0 Å². The third-order valence-corrected chi connectivity index (χ3v) is 5.96. The Morgan fingerprint density at radius 2 is 1.85 bits per heavy atom. The molecule has 8 heteroatoms. The van der Waals surface area contributed by atoms with Crippen LogP contribution in [0.15, 0.2) is 77.0 Å². The number of halogens is 1. The van der Waals surface area contributed by atoms with Gasteiger partial charge < -0.3 is 19.5 Å². The van der Waals surface area contributed by atoms with E-state index in [1.165, 1.54) is 25.2 Å². The van der Waals surface area contributed by atoms with Gasteiger partial charge in [0.15, 0.2) is 23.9 Å². The summed E-state index contributed by atoms with van der Waals surface area (Å²) in [5.41, 5.74) is 1.61. The number of hydrogen-bond acceptors (Lipinski definition) is 5. The Morgan fingerprint density at radius 1 is 1.06 bits per heavy atom. The Morgan fingerprint density at radius 3 is 2.52 bits per heavy atom. The van der Waals surface area contributed by atoms with Crippen molar-refractivity contribution in [2.45, 2.75) is 12.6 Å². The number of aromatic nitrogens is 1. The van der Waals surface area contributed by atoms with E-state index < -0.39 is 23.5 Å². The van der Waals surface area contributed by atoms with Gasteiger partial charge in [0.2, 0.25) is 5.78 Å². The highest BCUT2D eigenvalue weighted by atomic mass is 79.9. The number of methoxy groups -OCH3 is 2. The third kappa shape index (κ3) is 4.34.